The van der Waals surface area contributed by atoms with Crippen molar-refractivity contribution in [1.82, 2.24) is 0 Å². The summed E-state index contributed by atoms with van der Waals surface area (Å²) >= 11 is 1.71. The van der Waals surface area contributed by atoms with Gasteiger partial charge in [-0.3, -0.25) is 4.79 Å². The molecule has 4 heteroatoms. The van der Waals surface area contributed by atoms with Gasteiger partial charge < -0.3 is 9.84 Å². The van der Waals surface area contributed by atoms with E-state index >= 15 is 0 Å². The quantitative estimate of drug-likeness (QED) is 0.373. The van der Waals surface area contributed by atoms with Crippen LogP contribution in [-0.4, -0.2) is 28.2 Å². The fraction of sp³-hybridized carbons (Fsp3) is 0.800. The summed E-state index contributed by atoms with van der Waals surface area (Å²) in [5.41, 5.74) is 0.580. The molecule has 1 aliphatic heterocycles. The van der Waals surface area contributed by atoms with Crippen molar-refractivity contribution in [1.29, 1.82) is 0 Å². The molecule has 5 aliphatic rings. The third kappa shape index (κ3) is 3.89. The minimum atomic E-state index is -0.382. The van der Waals surface area contributed by atoms with Crippen molar-refractivity contribution < 1.29 is 14.6 Å². The van der Waals surface area contributed by atoms with Crippen LogP contribution in [0, 0.1) is 45.3 Å². The summed E-state index contributed by atoms with van der Waals surface area (Å²) in [6, 6.07) is 4.20. The smallest absolute Gasteiger partial charge is 0.164 e. The average Bonchev–Trinajstić information content (AvgIpc) is 3.47. The molecule has 4 saturated carbocycles. The number of carbonyl (C=O) groups is 1. The second kappa shape index (κ2) is 8.77. The van der Waals surface area contributed by atoms with Crippen molar-refractivity contribution in [2.75, 3.05) is 0 Å². The Balaban J connectivity index is 1.39. The highest BCUT2D eigenvalue weighted by Crippen LogP contribution is 2.76. The summed E-state index contributed by atoms with van der Waals surface area (Å²) in [6.45, 7) is 18.9. The Morgan fingerprint density at radius 3 is 2.33 bits per heavy atom. The van der Waals surface area contributed by atoms with Gasteiger partial charge in [0.1, 0.15) is 0 Å². The molecule has 1 N–H and O–H groups in total. The number of fused-ring (bicyclic) bond motifs is 5. The van der Waals surface area contributed by atoms with Gasteiger partial charge in [-0.2, -0.15) is 0 Å². The first-order chi connectivity index (χ1) is 18.1. The Labute approximate surface area is 241 Å². The first-order valence-electron chi connectivity index (χ1n) is 15.7. The van der Waals surface area contributed by atoms with Crippen molar-refractivity contribution in [3.05, 3.63) is 28.0 Å². The molecule has 5 fully saturated rings. The number of carbonyl (C=O) groups excluding carboxylic acids is 1. The molecular formula is C35H52O3S. The minimum Gasteiger partial charge on any atom is -0.393 e. The molecule has 1 aromatic rings. The lowest BCUT2D eigenvalue weighted by Gasteiger charge is -2.70. The predicted octanol–water partition coefficient (Wildman–Crippen LogP) is 8.70. The number of hydrogen-bond donors (Lipinski definition) is 1. The van der Waals surface area contributed by atoms with Crippen molar-refractivity contribution in [2.24, 2.45) is 45.3 Å². The van der Waals surface area contributed by atoms with E-state index in [0.29, 0.717) is 23.5 Å². The molecule has 39 heavy (non-hydrogen) atoms. The molecule has 9 atom stereocenters. The molecular weight excluding hydrogens is 500 g/mol. The van der Waals surface area contributed by atoms with E-state index in [9.17, 15) is 9.90 Å². The van der Waals surface area contributed by atoms with Gasteiger partial charge in [0.15, 0.2) is 5.78 Å². The molecule has 4 aliphatic carbocycles. The van der Waals surface area contributed by atoms with Crippen LogP contribution < -0.4 is 0 Å². The van der Waals surface area contributed by atoms with Crippen molar-refractivity contribution in [3.8, 4) is 0 Å². The highest BCUT2D eigenvalue weighted by atomic mass is 32.1. The minimum absolute atomic E-state index is 0.00617. The third-order valence-corrected chi connectivity index (χ3v) is 14.4. The molecule has 0 amide bonds. The molecule has 0 radical (unpaired) electrons. The number of hydrogen-bond acceptors (Lipinski definition) is 4. The molecule has 1 aromatic heterocycles. The maximum absolute atomic E-state index is 13.9. The molecule has 6 rings (SSSR count). The van der Waals surface area contributed by atoms with Crippen LogP contribution in [0.15, 0.2) is 23.1 Å². The van der Waals surface area contributed by atoms with Gasteiger partial charge >= 0.3 is 0 Å². The zero-order valence-electron chi connectivity index (χ0n) is 25.7. The topological polar surface area (TPSA) is 46.5 Å². The lowest BCUT2D eigenvalue weighted by atomic mass is 9.35. The second-order valence-corrected chi connectivity index (χ2v) is 17.4. The number of allylic oxidation sites excluding steroid dienone is 1. The number of Topliss-reactive ketones (excluding diaryl/α,β-unsaturated/α-hetero) is 1. The first kappa shape index (κ1) is 28.2. The number of ether oxygens (including phenoxy) is 1. The van der Waals surface area contributed by atoms with Gasteiger partial charge in [0.25, 0.3) is 0 Å². The van der Waals surface area contributed by atoms with E-state index < -0.39 is 0 Å². The van der Waals surface area contributed by atoms with Crippen LogP contribution >= 0.6 is 11.3 Å². The summed E-state index contributed by atoms with van der Waals surface area (Å²) in [6.07, 6.45) is 11.6. The van der Waals surface area contributed by atoms with Crippen LogP contribution in [0.4, 0.5) is 0 Å². The lowest BCUT2D eigenvalue weighted by molar-refractivity contribution is -0.245. The van der Waals surface area contributed by atoms with Crippen molar-refractivity contribution in [3.63, 3.8) is 0 Å². The van der Waals surface area contributed by atoms with Crippen LogP contribution in [0.3, 0.4) is 0 Å². The van der Waals surface area contributed by atoms with Crippen LogP contribution in [-0.2, 0) is 9.53 Å². The maximum atomic E-state index is 13.9. The van der Waals surface area contributed by atoms with E-state index in [2.05, 4.69) is 79.0 Å². The molecule has 1 saturated heterocycles. The van der Waals surface area contributed by atoms with E-state index in [1.807, 2.05) is 0 Å². The predicted molar refractivity (Wildman–Crippen MR) is 160 cm³/mol. The van der Waals surface area contributed by atoms with E-state index in [1.54, 1.807) is 11.3 Å². The number of aliphatic hydroxyl groups is 1. The van der Waals surface area contributed by atoms with Crippen molar-refractivity contribution >= 4 is 23.2 Å². The van der Waals surface area contributed by atoms with Gasteiger partial charge in [-0.1, -0.05) is 40.7 Å². The van der Waals surface area contributed by atoms with Gasteiger partial charge in [0.2, 0.25) is 0 Å². The maximum Gasteiger partial charge on any atom is 0.164 e. The van der Waals surface area contributed by atoms with Crippen molar-refractivity contribution in [2.45, 2.75) is 130 Å². The number of rotatable bonds is 2. The highest BCUT2D eigenvalue weighted by molar-refractivity contribution is 7.10. The Morgan fingerprint density at radius 2 is 1.67 bits per heavy atom. The molecule has 3 nitrogen and oxygen atoms in total. The van der Waals surface area contributed by atoms with Gasteiger partial charge in [-0.05, 0) is 142 Å². The molecule has 216 valence electrons. The van der Waals surface area contributed by atoms with Crippen LogP contribution in [0.2, 0.25) is 0 Å². The van der Waals surface area contributed by atoms with Gasteiger partial charge in [-0.25, -0.2) is 0 Å². The Hall–Kier alpha value is -0.970. The Bertz CT molecular complexity index is 1160. The first-order valence-corrected chi connectivity index (χ1v) is 16.6. The normalized spacial score (nSPS) is 49.8. The van der Waals surface area contributed by atoms with Crippen LogP contribution in [0.1, 0.15) is 118 Å². The average molecular weight is 553 g/mol. The molecule has 2 heterocycles. The summed E-state index contributed by atoms with van der Waals surface area (Å²) in [7, 11) is 0. The van der Waals surface area contributed by atoms with E-state index in [-0.39, 0.29) is 44.9 Å². The fourth-order valence-corrected chi connectivity index (χ4v) is 12.5. The van der Waals surface area contributed by atoms with Crippen LogP contribution in [0.25, 0.3) is 6.08 Å². The van der Waals surface area contributed by atoms with Gasteiger partial charge in [-0.15, -0.1) is 11.3 Å². The summed E-state index contributed by atoms with van der Waals surface area (Å²) in [5.74, 6) is 1.76. The van der Waals surface area contributed by atoms with Crippen LogP contribution in [0.5, 0.6) is 0 Å². The lowest BCUT2D eigenvalue weighted by Crippen LogP contribution is -2.66. The van der Waals surface area contributed by atoms with Gasteiger partial charge in [0, 0.05) is 10.3 Å². The monoisotopic (exact) mass is 552 g/mol. The second-order valence-electron chi connectivity index (χ2n) is 16.4. The highest BCUT2D eigenvalue weighted by Gasteiger charge is 2.72. The largest absolute Gasteiger partial charge is 0.393 e. The fourth-order valence-electron chi connectivity index (χ4n) is 11.8. The molecule has 4 unspecified atom stereocenters. The summed E-state index contributed by atoms with van der Waals surface area (Å²) in [5, 5.41) is 14.3. The number of thiophene rings is 1. The summed E-state index contributed by atoms with van der Waals surface area (Å²) < 4.78 is 6.91. The zero-order chi connectivity index (χ0) is 28.2. The Kier molecular flexibility index (Phi) is 6.33. The number of aliphatic hydroxyl groups excluding tert-OH is 1. The summed E-state index contributed by atoms with van der Waals surface area (Å²) in [4.78, 5) is 15.1. The molecule has 0 bridgehead atoms. The standard InChI is InChI=1S/C35H52O3S/c1-30(2)14-10-15-35(8,38-30)24-12-16-34(7)28(24)25(36)20-27-32(5)21-22(19-23-11-9-18-39-23)29(37)31(3,4)26(32)13-17-33(27,34)6/h9,11,18-19,24-28,36H,10,12-17,20-21H2,1-8H3/b22-19-/t24?,25-,26?,27?,28?,32+,33-,34-,35-/m1/s1. The SMILES string of the molecule is CC1(C)CCC[C@](C)(C2CC[C@]3(C)C2[C@H](O)CC2[C@@]4(C)C/C(=C/c5cccs5)C(=O)C(C)(C)C4CC[C@]23C)O1. The number of ketones is 1. The molecule has 0 aromatic carbocycles. The Morgan fingerprint density at radius 1 is 0.949 bits per heavy atom. The third-order valence-electron chi connectivity index (χ3n) is 13.6. The van der Waals surface area contributed by atoms with E-state index in [1.165, 1.54) is 17.7 Å². The zero-order valence-corrected chi connectivity index (χ0v) is 26.5. The molecule has 0 spiro atoms. The van der Waals surface area contributed by atoms with Gasteiger partial charge in [0.05, 0.1) is 17.3 Å². The van der Waals surface area contributed by atoms with E-state index in [0.717, 1.165) is 50.5 Å². The van der Waals surface area contributed by atoms with E-state index in [4.69, 9.17) is 4.74 Å².